The molecule has 1 aromatic heterocycles. The van der Waals surface area contributed by atoms with Crippen molar-refractivity contribution >= 4 is 17.9 Å². The molecule has 2 aliphatic heterocycles. The Morgan fingerprint density at radius 1 is 1.14 bits per heavy atom. The third-order valence-corrected chi connectivity index (χ3v) is 6.46. The molecule has 5 rings (SSSR count). The van der Waals surface area contributed by atoms with Crippen LogP contribution in [0.1, 0.15) is 30.5 Å². The summed E-state index contributed by atoms with van der Waals surface area (Å²) in [4.78, 5) is 26.4. The molecule has 0 bridgehead atoms. The van der Waals surface area contributed by atoms with Gasteiger partial charge in [-0.3, -0.25) is 14.5 Å². The number of aromatic nitrogens is 2. The monoisotopic (exact) mass is 464 g/mol. The molecule has 0 fully saturated rings. The summed E-state index contributed by atoms with van der Waals surface area (Å²) in [6, 6.07) is 15.8. The Morgan fingerprint density at radius 3 is 2.60 bits per heavy atom. The second kappa shape index (κ2) is 8.41. The maximum absolute atomic E-state index is 13.0. The van der Waals surface area contributed by atoms with E-state index in [-0.39, 0.29) is 11.7 Å². The van der Waals surface area contributed by atoms with E-state index in [2.05, 4.69) is 6.07 Å². The summed E-state index contributed by atoms with van der Waals surface area (Å²) in [5, 5.41) is 14.4. The van der Waals surface area contributed by atoms with Gasteiger partial charge in [-0.15, -0.1) is 0 Å². The van der Waals surface area contributed by atoms with Crippen LogP contribution in [0.3, 0.4) is 0 Å². The number of fused-ring (bicyclic) bond motifs is 1. The van der Waals surface area contributed by atoms with Crippen LogP contribution in [0.4, 0.5) is 0 Å². The van der Waals surface area contributed by atoms with Gasteiger partial charge in [-0.1, -0.05) is 18.2 Å². The fraction of sp³-hybridized carbons (Fsp3) is 0.214. The highest BCUT2D eigenvalue weighted by Crippen LogP contribution is 2.38. The molecule has 3 aromatic rings. The van der Waals surface area contributed by atoms with Crippen LogP contribution in [0.15, 0.2) is 65.4 Å². The van der Waals surface area contributed by atoms with Crippen LogP contribution < -0.4 is 4.74 Å². The van der Waals surface area contributed by atoms with E-state index < -0.39 is 11.8 Å². The molecule has 2 amide bonds. The summed E-state index contributed by atoms with van der Waals surface area (Å²) in [5.74, 6) is -0.114. The van der Waals surface area contributed by atoms with E-state index in [0.717, 1.165) is 39.4 Å². The highest BCUT2D eigenvalue weighted by atomic mass is 16.5. The first-order valence-electron chi connectivity index (χ1n) is 11.4. The predicted octanol–water partition coefficient (Wildman–Crippen LogP) is 4.39. The lowest BCUT2D eigenvalue weighted by Crippen LogP contribution is -2.39. The Bertz CT molecular complexity index is 1490. The van der Waals surface area contributed by atoms with Crippen molar-refractivity contribution in [1.29, 1.82) is 5.26 Å². The highest BCUT2D eigenvalue weighted by Gasteiger charge is 2.33. The summed E-state index contributed by atoms with van der Waals surface area (Å²) in [5.41, 5.74) is 5.98. The van der Waals surface area contributed by atoms with Crippen LogP contribution in [0.2, 0.25) is 0 Å². The molecule has 0 saturated heterocycles. The van der Waals surface area contributed by atoms with Crippen molar-refractivity contribution in [2.45, 2.75) is 33.3 Å². The topological polar surface area (TPSA) is 88.2 Å². The number of aryl methyl sites for hydroxylation is 1. The van der Waals surface area contributed by atoms with Gasteiger partial charge in [0.25, 0.3) is 11.8 Å². The maximum Gasteiger partial charge on any atom is 0.271 e. The lowest BCUT2D eigenvalue weighted by atomic mass is 9.93. The minimum atomic E-state index is -0.587. The number of carbonyl (C=O) groups excluding carboxylic acids is 2. The van der Waals surface area contributed by atoms with E-state index in [1.54, 1.807) is 17.7 Å². The van der Waals surface area contributed by atoms with Crippen LogP contribution in [-0.2, 0) is 16.0 Å². The quantitative estimate of drug-likeness (QED) is 0.424. The molecule has 7 nitrogen and oxygen atoms in total. The third kappa shape index (κ3) is 3.73. The molecule has 35 heavy (non-hydrogen) atoms. The Balaban J connectivity index is 1.72. The smallest absolute Gasteiger partial charge is 0.271 e. The fourth-order valence-electron chi connectivity index (χ4n) is 4.64. The first-order chi connectivity index (χ1) is 16.8. The fourth-order valence-corrected chi connectivity index (χ4v) is 4.64. The molecule has 0 saturated carbocycles. The molecule has 0 unspecified atom stereocenters. The van der Waals surface area contributed by atoms with Crippen molar-refractivity contribution in [3.8, 4) is 28.8 Å². The van der Waals surface area contributed by atoms with Crippen LogP contribution in [0.5, 0.6) is 5.75 Å². The third-order valence-electron chi connectivity index (χ3n) is 6.46. The number of nitrogens with zero attached hydrogens (tertiary/aromatic N) is 4. The van der Waals surface area contributed by atoms with Crippen LogP contribution in [0, 0.1) is 18.3 Å². The number of para-hydroxylation sites is 1. The Kier molecular flexibility index (Phi) is 5.37. The number of nitriles is 1. The highest BCUT2D eigenvalue weighted by molar-refractivity contribution is 6.19. The zero-order valence-electron chi connectivity index (χ0n) is 20.0. The van der Waals surface area contributed by atoms with E-state index in [9.17, 15) is 14.9 Å². The van der Waals surface area contributed by atoms with Crippen molar-refractivity contribution in [1.82, 2.24) is 14.7 Å². The number of benzene rings is 2. The van der Waals surface area contributed by atoms with Gasteiger partial charge in [-0.05, 0) is 67.8 Å². The summed E-state index contributed by atoms with van der Waals surface area (Å²) >= 11 is 0. The minimum Gasteiger partial charge on any atom is -0.490 e. The van der Waals surface area contributed by atoms with Gasteiger partial charge in [-0.25, -0.2) is 4.68 Å². The summed E-state index contributed by atoms with van der Waals surface area (Å²) in [7, 11) is 1.39. The first-order valence-corrected chi connectivity index (χ1v) is 11.4. The molecule has 0 aliphatic carbocycles. The number of ether oxygens (including phenoxy) is 1. The standard InChI is InChI=1S/C28H24N4O3/c1-16-10-19(12-20-11-17(2)35-26(16)20)25-21(15-32(30-25)22-8-6-5-7-9-22)13-23-18(3)24(14-29)28(34)31(4)27(23)33/h5-10,12-13,15,17H,11H2,1-4H3/b23-13+/t17-/m0/s1. The Labute approximate surface area is 203 Å². The summed E-state index contributed by atoms with van der Waals surface area (Å²) in [6.07, 6.45) is 4.52. The SMILES string of the molecule is CC1=C(C#N)C(=O)N(C)C(=O)/C1=C/c1cn(-c2ccccc2)nc1-c1cc(C)c2c(c1)C[C@H](C)O2. The van der Waals surface area contributed by atoms with Crippen molar-refractivity contribution in [2.24, 2.45) is 0 Å². The second-order valence-corrected chi connectivity index (χ2v) is 8.97. The first kappa shape index (κ1) is 22.4. The van der Waals surface area contributed by atoms with Gasteiger partial charge in [0.05, 0.1) is 11.4 Å². The summed E-state index contributed by atoms with van der Waals surface area (Å²) in [6.45, 7) is 5.70. The van der Waals surface area contributed by atoms with Gasteiger partial charge in [-0.2, -0.15) is 10.4 Å². The predicted molar refractivity (Wildman–Crippen MR) is 132 cm³/mol. The van der Waals surface area contributed by atoms with Gasteiger partial charge in [0.2, 0.25) is 0 Å². The molecule has 2 aromatic carbocycles. The lowest BCUT2D eigenvalue weighted by Gasteiger charge is -2.23. The van der Waals surface area contributed by atoms with Crippen LogP contribution in [0.25, 0.3) is 23.0 Å². The second-order valence-electron chi connectivity index (χ2n) is 8.97. The average molecular weight is 465 g/mol. The van der Waals surface area contributed by atoms with E-state index in [1.165, 1.54) is 7.05 Å². The maximum atomic E-state index is 13.0. The number of hydrogen-bond acceptors (Lipinski definition) is 5. The van der Waals surface area contributed by atoms with Crippen molar-refractivity contribution in [2.75, 3.05) is 7.05 Å². The van der Waals surface area contributed by atoms with Crippen molar-refractivity contribution < 1.29 is 14.3 Å². The zero-order chi connectivity index (χ0) is 24.9. The number of hydrogen-bond donors (Lipinski definition) is 0. The molecule has 7 heteroatoms. The van der Waals surface area contributed by atoms with Crippen molar-refractivity contribution in [3.63, 3.8) is 0 Å². The molecule has 0 spiro atoms. The van der Waals surface area contributed by atoms with Gasteiger partial charge in [0, 0.05) is 36.4 Å². The molecule has 0 N–H and O–H groups in total. The van der Waals surface area contributed by atoms with E-state index >= 15 is 0 Å². The van der Waals surface area contributed by atoms with Crippen LogP contribution >= 0.6 is 0 Å². The Morgan fingerprint density at radius 2 is 1.89 bits per heavy atom. The molecule has 174 valence electrons. The number of carbonyl (C=O) groups is 2. The van der Waals surface area contributed by atoms with Gasteiger partial charge in [0.15, 0.2) is 0 Å². The largest absolute Gasteiger partial charge is 0.490 e. The summed E-state index contributed by atoms with van der Waals surface area (Å²) < 4.78 is 7.75. The van der Waals surface area contributed by atoms with Gasteiger partial charge >= 0.3 is 0 Å². The molecule has 2 aliphatic rings. The number of imide groups is 1. The number of rotatable bonds is 3. The molecular weight excluding hydrogens is 440 g/mol. The molecular formula is C28H24N4O3. The van der Waals surface area contributed by atoms with E-state index in [4.69, 9.17) is 9.84 Å². The Hall–Kier alpha value is -4.44. The van der Waals surface area contributed by atoms with Gasteiger partial charge in [0.1, 0.15) is 23.5 Å². The average Bonchev–Trinajstić information content (AvgIpc) is 3.45. The zero-order valence-corrected chi connectivity index (χ0v) is 20.0. The van der Waals surface area contributed by atoms with Crippen LogP contribution in [-0.4, -0.2) is 39.6 Å². The molecule has 0 radical (unpaired) electrons. The number of amides is 2. The van der Waals surface area contributed by atoms with Crippen molar-refractivity contribution in [3.05, 3.63) is 82.1 Å². The molecule has 1 atom stereocenters. The van der Waals surface area contributed by atoms with Gasteiger partial charge < -0.3 is 4.74 Å². The van der Waals surface area contributed by atoms with E-state index in [0.29, 0.717) is 22.4 Å². The normalized spacial score (nSPS) is 18.7. The molecule has 3 heterocycles. The number of likely N-dealkylation sites (N-methyl/N-ethyl adjacent to an activating group) is 1. The minimum absolute atomic E-state index is 0.0325. The van der Waals surface area contributed by atoms with E-state index in [1.807, 2.05) is 62.5 Å². The lowest BCUT2D eigenvalue weighted by molar-refractivity contribution is -0.138.